The van der Waals surface area contributed by atoms with Crippen LogP contribution in [0.25, 0.3) is 10.8 Å². The molecule has 0 saturated carbocycles. The van der Waals surface area contributed by atoms with Gasteiger partial charge < -0.3 is 15.1 Å². The Morgan fingerprint density at radius 1 is 1.10 bits per heavy atom. The van der Waals surface area contributed by atoms with E-state index in [1.807, 2.05) is 26.1 Å². The van der Waals surface area contributed by atoms with Crippen LogP contribution < -0.4 is 10.6 Å². The van der Waals surface area contributed by atoms with Gasteiger partial charge in [0.15, 0.2) is 0 Å². The molecule has 0 spiro atoms. The van der Waals surface area contributed by atoms with Crippen molar-refractivity contribution in [2.45, 2.75) is 19.5 Å². The molecule has 5 nitrogen and oxygen atoms in total. The molecule has 1 atom stereocenters. The zero-order valence-corrected chi connectivity index (χ0v) is 12.1. The molecule has 0 saturated heterocycles. The first-order valence-corrected chi connectivity index (χ1v) is 6.99. The molecular formula is C16H18N4O. The zero-order valence-electron chi connectivity index (χ0n) is 12.1. The van der Waals surface area contributed by atoms with E-state index >= 15 is 0 Å². The van der Waals surface area contributed by atoms with Gasteiger partial charge in [-0.15, -0.1) is 5.10 Å². The van der Waals surface area contributed by atoms with Gasteiger partial charge in [0.05, 0.1) is 6.04 Å². The number of benzene rings is 2. The Morgan fingerprint density at radius 2 is 1.90 bits per heavy atom. The van der Waals surface area contributed by atoms with Crippen LogP contribution in [0.3, 0.4) is 0 Å². The van der Waals surface area contributed by atoms with E-state index in [4.69, 9.17) is 4.42 Å². The van der Waals surface area contributed by atoms with Gasteiger partial charge in [-0.3, -0.25) is 0 Å². The number of nitrogens with one attached hydrogen (secondary N) is 2. The lowest BCUT2D eigenvalue weighted by molar-refractivity contribution is 0.441. The average Bonchev–Trinajstić information content (AvgIpc) is 3.01. The van der Waals surface area contributed by atoms with Gasteiger partial charge in [-0.1, -0.05) is 47.6 Å². The summed E-state index contributed by atoms with van der Waals surface area (Å²) in [6.07, 6.45) is 0. The highest BCUT2D eigenvalue weighted by atomic mass is 16.4. The molecule has 3 rings (SSSR count). The molecule has 5 heteroatoms. The van der Waals surface area contributed by atoms with Crippen LogP contribution >= 0.6 is 0 Å². The number of aromatic nitrogens is 2. The van der Waals surface area contributed by atoms with Crippen LogP contribution in [-0.4, -0.2) is 17.2 Å². The van der Waals surface area contributed by atoms with Crippen molar-refractivity contribution >= 4 is 16.8 Å². The second-order valence-corrected chi connectivity index (χ2v) is 4.95. The summed E-state index contributed by atoms with van der Waals surface area (Å²) in [7, 11) is 1.86. The summed E-state index contributed by atoms with van der Waals surface area (Å²) in [5.41, 5.74) is 1.20. The SMILES string of the molecule is CNC(C)c1nnc(NCc2cccc3ccccc23)o1. The van der Waals surface area contributed by atoms with Crippen molar-refractivity contribution in [2.24, 2.45) is 0 Å². The van der Waals surface area contributed by atoms with Crippen molar-refractivity contribution in [3.63, 3.8) is 0 Å². The van der Waals surface area contributed by atoms with Crippen LogP contribution in [0.1, 0.15) is 24.4 Å². The minimum absolute atomic E-state index is 0.0469. The molecule has 3 aromatic rings. The van der Waals surface area contributed by atoms with E-state index in [2.05, 4.69) is 51.2 Å². The highest BCUT2D eigenvalue weighted by Crippen LogP contribution is 2.20. The Kier molecular flexibility index (Phi) is 3.83. The monoisotopic (exact) mass is 282 g/mol. The summed E-state index contributed by atoms with van der Waals surface area (Å²) in [5, 5.41) is 16.7. The van der Waals surface area contributed by atoms with Gasteiger partial charge in [0.25, 0.3) is 0 Å². The van der Waals surface area contributed by atoms with Crippen LogP contribution in [0.15, 0.2) is 46.9 Å². The van der Waals surface area contributed by atoms with Gasteiger partial charge in [-0.05, 0) is 30.3 Å². The van der Waals surface area contributed by atoms with E-state index in [1.165, 1.54) is 16.3 Å². The highest BCUT2D eigenvalue weighted by molar-refractivity contribution is 5.85. The molecule has 0 radical (unpaired) electrons. The van der Waals surface area contributed by atoms with E-state index < -0.39 is 0 Å². The summed E-state index contributed by atoms with van der Waals surface area (Å²) >= 11 is 0. The molecule has 108 valence electrons. The maximum absolute atomic E-state index is 5.57. The second-order valence-electron chi connectivity index (χ2n) is 4.95. The smallest absolute Gasteiger partial charge is 0.315 e. The molecule has 0 aliphatic carbocycles. The van der Waals surface area contributed by atoms with Gasteiger partial charge in [0.2, 0.25) is 5.89 Å². The fourth-order valence-electron chi connectivity index (χ4n) is 2.22. The number of fused-ring (bicyclic) bond motifs is 1. The fraction of sp³-hybridized carbons (Fsp3) is 0.250. The standard InChI is InChI=1S/C16H18N4O/c1-11(17-2)15-19-20-16(21-15)18-10-13-8-5-7-12-6-3-4-9-14(12)13/h3-9,11,17H,10H2,1-2H3,(H,18,20). The van der Waals surface area contributed by atoms with Crippen molar-refractivity contribution in [1.29, 1.82) is 0 Å². The lowest BCUT2D eigenvalue weighted by atomic mass is 10.0. The first kappa shape index (κ1) is 13.6. The molecule has 2 aromatic carbocycles. The molecule has 0 amide bonds. The van der Waals surface area contributed by atoms with Crippen molar-refractivity contribution in [3.05, 3.63) is 53.9 Å². The van der Waals surface area contributed by atoms with Crippen molar-refractivity contribution in [3.8, 4) is 0 Å². The van der Waals surface area contributed by atoms with Crippen LogP contribution in [-0.2, 0) is 6.54 Å². The van der Waals surface area contributed by atoms with Gasteiger partial charge in [-0.2, -0.15) is 0 Å². The summed E-state index contributed by atoms with van der Waals surface area (Å²) in [4.78, 5) is 0. The molecule has 1 heterocycles. The molecule has 0 aliphatic rings. The van der Waals surface area contributed by atoms with Crippen molar-refractivity contribution in [1.82, 2.24) is 15.5 Å². The predicted octanol–water partition coefficient (Wildman–Crippen LogP) is 3.12. The molecule has 1 unspecified atom stereocenters. The van der Waals surface area contributed by atoms with Crippen molar-refractivity contribution in [2.75, 3.05) is 12.4 Å². The molecule has 0 aliphatic heterocycles. The Hall–Kier alpha value is -2.40. The maximum Gasteiger partial charge on any atom is 0.315 e. The van der Waals surface area contributed by atoms with Crippen LogP contribution in [0.2, 0.25) is 0 Å². The molecule has 2 N–H and O–H groups in total. The highest BCUT2D eigenvalue weighted by Gasteiger charge is 2.11. The number of hydrogen-bond acceptors (Lipinski definition) is 5. The third-order valence-corrected chi connectivity index (χ3v) is 3.55. The minimum Gasteiger partial charge on any atom is -0.406 e. The Bertz CT molecular complexity index is 732. The predicted molar refractivity (Wildman–Crippen MR) is 83.0 cm³/mol. The van der Waals surface area contributed by atoms with E-state index in [-0.39, 0.29) is 6.04 Å². The van der Waals surface area contributed by atoms with E-state index in [1.54, 1.807) is 0 Å². The third kappa shape index (κ3) is 2.87. The van der Waals surface area contributed by atoms with Crippen molar-refractivity contribution < 1.29 is 4.42 Å². The number of anilines is 1. The maximum atomic E-state index is 5.57. The van der Waals surface area contributed by atoms with Gasteiger partial charge in [-0.25, -0.2) is 0 Å². The van der Waals surface area contributed by atoms with Crippen LogP contribution in [0.5, 0.6) is 0 Å². The summed E-state index contributed by atoms with van der Waals surface area (Å²) < 4.78 is 5.57. The van der Waals surface area contributed by atoms with E-state index in [0.29, 0.717) is 18.5 Å². The largest absolute Gasteiger partial charge is 0.406 e. The Morgan fingerprint density at radius 3 is 2.76 bits per heavy atom. The molecule has 0 fully saturated rings. The van der Waals surface area contributed by atoms with Crippen LogP contribution in [0, 0.1) is 0 Å². The topological polar surface area (TPSA) is 63.0 Å². The van der Waals surface area contributed by atoms with Gasteiger partial charge in [0, 0.05) is 6.54 Å². The molecular weight excluding hydrogens is 264 g/mol. The van der Waals surface area contributed by atoms with Gasteiger partial charge in [0.1, 0.15) is 0 Å². The first-order valence-electron chi connectivity index (χ1n) is 6.99. The normalized spacial score (nSPS) is 12.5. The Labute approximate surface area is 123 Å². The van der Waals surface area contributed by atoms with Crippen LogP contribution in [0.4, 0.5) is 6.01 Å². The second kappa shape index (κ2) is 5.93. The quantitative estimate of drug-likeness (QED) is 0.753. The van der Waals surface area contributed by atoms with E-state index in [9.17, 15) is 0 Å². The zero-order chi connectivity index (χ0) is 14.7. The van der Waals surface area contributed by atoms with E-state index in [0.717, 1.165) is 0 Å². The summed E-state index contributed by atoms with van der Waals surface area (Å²) in [5.74, 6) is 0.581. The minimum atomic E-state index is 0.0469. The number of nitrogens with zero attached hydrogens (tertiary/aromatic N) is 2. The molecule has 1 aromatic heterocycles. The summed E-state index contributed by atoms with van der Waals surface area (Å²) in [6, 6.07) is 15.1. The van der Waals surface area contributed by atoms with Gasteiger partial charge >= 0.3 is 6.01 Å². The number of rotatable bonds is 5. The number of hydrogen-bond donors (Lipinski definition) is 2. The fourth-order valence-corrected chi connectivity index (χ4v) is 2.22. The lowest BCUT2D eigenvalue weighted by Gasteiger charge is -2.06. The lowest BCUT2D eigenvalue weighted by Crippen LogP contribution is -2.12. The molecule has 21 heavy (non-hydrogen) atoms. The Balaban J connectivity index is 1.76. The summed E-state index contributed by atoms with van der Waals surface area (Å²) in [6.45, 7) is 2.62. The molecule has 0 bridgehead atoms. The first-order chi connectivity index (χ1) is 10.3. The third-order valence-electron chi connectivity index (χ3n) is 3.55. The average molecular weight is 282 g/mol.